The molecular formula is C33H37ClN4O2. The molecule has 0 aliphatic heterocycles. The van der Waals surface area contributed by atoms with Crippen LogP contribution < -0.4 is 5.32 Å². The van der Waals surface area contributed by atoms with Crippen LogP contribution in [-0.2, 0) is 11.2 Å². The lowest BCUT2D eigenvalue weighted by atomic mass is 10.0. The summed E-state index contributed by atoms with van der Waals surface area (Å²) >= 11 is 6.49. The van der Waals surface area contributed by atoms with E-state index in [1.54, 1.807) is 15.6 Å². The fraction of sp³-hybridized carbons (Fsp3) is 0.303. The Morgan fingerprint density at radius 2 is 1.65 bits per heavy atom. The van der Waals surface area contributed by atoms with Gasteiger partial charge in [-0.3, -0.25) is 9.59 Å². The first kappa shape index (κ1) is 29.1. The third kappa shape index (κ3) is 7.60. The zero-order valence-corrected chi connectivity index (χ0v) is 24.2. The number of aryl methyl sites for hydroxylation is 1. The molecule has 2 amide bonds. The Morgan fingerprint density at radius 3 is 2.33 bits per heavy atom. The summed E-state index contributed by atoms with van der Waals surface area (Å²) in [6.45, 7) is 6.64. The Bertz CT molecular complexity index is 1410. The summed E-state index contributed by atoms with van der Waals surface area (Å²) in [5, 5.41) is 8.24. The lowest BCUT2D eigenvalue weighted by Gasteiger charge is -2.24. The van der Waals surface area contributed by atoms with Crippen LogP contribution in [0.2, 0.25) is 5.02 Å². The number of aromatic nitrogens is 2. The Labute approximate surface area is 242 Å². The van der Waals surface area contributed by atoms with Gasteiger partial charge in [-0.25, -0.2) is 4.68 Å². The number of hydrogen-bond donors (Lipinski definition) is 1. The van der Waals surface area contributed by atoms with E-state index in [1.807, 2.05) is 92.7 Å². The molecule has 0 saturated heterocycles. The maximum Gasteiger partial charge on any atom is 0.254 e. The summed E-state index contributed by atoms with van der Waals surface area (Å²) in [5.74, 6) is 0.209. The lowest BCUT2D eigenvalue weighted by Crippen LogP contribution is -2.40. The molecule has 40 heavy (non-hydrogen) atoms. The lowest BCUT2D eigenvalue weighted by molar-refractivity contribution is -0.117. The SMILES string of the molecule is CCCCCc1ccc(C(=O)N(CC(=O)Nc2cc(-c3ccccc3)nn2-c2ccccc2Cl)CC(C)C)cc1. The average Bonchev–Trinajstić information content (AvgIpc) is 3.36. The van der Waals surface area contributed by atoms with Gasteiger partial charge in [0.25, 0.3) is 5.91 Å². The van der Waals surface area contributed by atoms with E-state index in [9.17, 15) is 9.59 Å². The van der Waals surface area contributed by atoms with E-state index < -0.39 is 0 Å². The topological polar surface area (TPSA) is 67.2 Å². The van der Waals surface area contributed by atoms with E-state index >= 15 is 0 Å². The van der Waals surface area contributed by atoms with E-state index in [2.05, 4.69) is 12.2 Å². The number of amides is 2. The van der Waals surface area contributed by atoms with Gasteiger partial charge in [-0.1, -0.05) is 99.8 Å². The van der Waals surface area contributed by atoms with E-state index in [-0.39, 0.29) is 24.3 Å². The van der Waals surface area contributed by atoms with Crippen molar-refractivity contribution in [3.8, 4) is 16.9 Å². The summed E-state index contributed by atoms with van der Waals surface area (Å²) in [6.07, 6.45) is 4.51. The number of rotatable bonds is 12. The minimum Gasteiger partial charge on any atom is -0.329 e. The molecule has 0 atom stereocenters. The van der Waals surface area contributed by atoms with E-state index in [1.165, 1.54) is 18.4 Å². The van der Waals surface area contributed by atoms with E-state index in [0.29, 0.717) is 34.3 Å². The van der Waals surface area contributed by atoms with Crippen LogP contribution in [0.5, 0.6) is 0 Å². The molecule has 0 unspecified atom stereocenters. The molecule has 1 N–H and O–H groups in total. The van der Waals surface area contributed by atoms with Crippen LogP contribution in [0.1, 0.15) is 56.0 Å². The third-order valence-electron chi connectivity index (χ3n) is 6.60. The molecule has 7 heteroatoms. The quantitative estimate of drug-likeness (QED) is 0.182. The van der Waals surface area contributed by atoms with Crippen LogP contribution >= 0.6 is 11.6 Å². The fourth-order valence-electron chi connectivity index (χ4n) is 4.62. The molecule has 4 aromatic rings. The van der Waals surface area contributed by atoms with Crippen LogP contribution in [0.3, 0.4) is 0 Å². The van der Waals surface area contributed by atoms with Gasteiger partial charge in [0.1, 0.15) is 12.4 Å². The molecular weight excluding hydrogens is 520 g/mol. The predicted octanol–water partition coefficient (Wildman–Crippen LogP) is 7.66. The summed E-state index contributed by atoms with van der Waals surface area (Å²) in [7, 11) is 0. The molecule has 1 aromatic heterocycles. The largest absolute Gasteiger partial charge is 0.329 e. The second-order valence-electron chi connectivity index (χ2n) is 10.4. The van der Waals surface area contributed by atoms with Gasteiger partial charge in [-0.05, 0) is 48.6 Å². The van der Waals surface area contributed by atoms with Crippen molar-refractivity contribution in [2.75, 3.05) is 18.4 Å². The number of nitrogens with zero attached hydrogens (tertiary/aromatic N) is 3. The molecule has 0 aliphatic carbocycles. The Kier molecular flexibility index (Phi) is 10.1. The van der Waals surface area contributed by atoms with Crippen molar-refractivity contribution >= 4 is 29.2 Å². The maximum atomic E-state index is 13.5. The standard InChI is InChI=1S/C33H37ClN4O2/c1-4-5-7-12-25-17-19-27(20-18-25)33(40)37(22-24(2)3)23-32(39)35-31-21-29(26-13-8-6-9-14-26)36-38(31)30-16-11-10-15-28(30)34/h6,8-11,13-21,24H,4-5,7,12,22-23H2,1-3H3,(H,35,39). The molecule has 1 heterocycles. The fourth-order valence-corrected chi connectivity index (χ4v) is 4.83. The summed E-state index contributed by atoms with van der Waals surface area (Å²) in [5.41, 5.74) is 4.07. The Morgan fingerprint density at radius 1 is 0.950 bits per heavy atom. The minimum absolute atomic E-state index is 0.0797. The van der Waals surface area contributed by atoms with Crippen LogP contribution in [0.15, 0.2) is 84.9 Å². The number of carbonyl (C=O) groups is 2. The molecule has 0 saturated carbocycles. The molecule has 0 bridgehead atoms. The Hall–Kier alpha value is -3.90. The molecule has 0 radical (unpaired) electrons. The van der Waals surface area contributed by atoms with Crippen LogP contribution in [0.4, 0.5) is 5.82 Å². The Balaban J connectivity index is 1.55. The molecule has 3 aromatic carbocycles. The molecule has 4 rings (SSSR count). The minimum atomic E-state index is -0.307. The number of unbranched alkanes of at least 4 members (excludes halogenated alkanes) is 2. The van der Waals surface area contributed by atoms with Crippen LogP contribution in [0, 0.1) is 5.92 Å². The highest BCUT2D eigenvalue weighted by molar-refractivity contribution is 6.32. The van der Waals surface area contributed by atoms with Crippen molar-refractivity contribution in [1.29, 1.82) is 0 Å². The second kappa shape index (κ2) is 13.9. The first-order valence-electron chi connectivity index (χ1n) is 13.9. The normalized spacial score (nSPS) is 11.0. The first-order chi connectivity index (χ1) is 19.4. The van der Waals surface area contributed by atoms with Gasteiger partial charge in [0.05, 0.1) is 16.4 Å². The summed E-state index contributed by atoms with van der Waals surface area (Å²) in [6, 6.07) is 26.7. The van der Waals surface area contributed by atoms with Crippen molar-refractivity contribution in [3.05, 3.63) is 101 Å². The molecule has 6 nitrogen and oxygen atoms in total. The average molecular weight is 557 g/mol. The van der Waals surface area contributed by atoms with Gasteiger partial charge in [0, 0.05) is 23.7 Å². The molecule has 208 valence electrons. The smallest absolute Gasteiger partial charge is 0.254 e. The number of carbonyl (C=O) groups excluding carboxylic acids is 2. The van der Waals surface area contributed by atoms with E-state index in [4.69, 9.17) is 16.7 Å². The zero-order valence-electron chi connectivity index (χ0n) is 23.4. The van der Waals surface area contributed by atoms with E-state index in [0.717, 1.165) is 18.4 Å². The number of anilines is 1. The highest BCUT2D eigenvalue weighted by Gasteiger charge is 2.22. The number of nitrogens with one attached hydrogen (secondary N) is 1. The van der Waals surface area contributed by atoms with Gasteiger partial charge in [-0.2, -0.15) is 5.10 Å². The highest BCUT2D eigenvalue weighted by atomic mass is 35.5. The number of benzene rings is 3. The maximum absolute atomic E-state index is 13.5. The van der Waals surface area contributed by atoms with Gasteiger partial charge in [0.15, 0.2) is 0 Å². The predicted molar refractivity (Wildman–Crippen MR) is 163 cm³/mol. The summed E-state index contributed by atoms with van der Waals surface area (Å²) < 4.78 is 1.63. The number of halogens is 1. The van der Waals surface area contributed by atoms with Gasteiger partial charge in [-0.15, -0.1) is 0 Å². The monoisotopic (exact) mass is 556 g/mol. The molecule has 0 aliphatic rings. The van der Waals surface area contributed by atoms with Crippen LogP contribution in [-0.4, -0.2) is 39.6 Å². The third-order valence-corrected chi connectivity index (χ3v) is 6.92. The first-order valence-corrected chi connectivity index (χ1v) is 14.3. The van der Waals surface area contributed by atoms with Crippen LogP contribution in [0.25, 0.3) is 16.9 Å². The van der Waals surface area contributed by atoms with Gasteiger partial charge in [0.2, 0.25) is 5.91 Å². The molecule has 0 spiro atoms. The van der Waals surface area contributed by atoms with Crippen molar-refractivity contribution < 1.29 is 9.59 Å². The van der Waals surface area contributed by atoms with Crippen molar-refractivity contribution in [3.63, 3.8) is 0 Å². The number of para-hydroxylation sites is 1. The van der Waals surface area contributed by atoms with Crippen molar-refractivity contribution in [2.24, 2.45) is 5.92 Å². The highest BCUT2D eigenvalue weighted by Crippen LogP contribution is 2.28. The molecule has 0 fully saturated rings. The van der Waals surface area contributed by atoms with Gasteiger partial charge >= 0.3 is 0 Å². The van der Waals surface area contributed by atoms with Gasteiger partial charge < -0.3 is 10.2 Å². The zero-order chi connectivity index (χ0) is 28.5. The summed E-state index contributed by atoms with van der Waals surface area (Å²) in [4.78, 5) is 28.5. The second-order valence-corrected chi connectivity index (χ2v) is 10.8. The van der Waals surface area contributed by atoms with Crippen molar-refractivity contribution in [1.82, 2.24) is 14.7 Å². The van der Waals surface area contributed by atoms with Crippen molar-refractivity contribution in [2.45, 2.75) is 46.5 Å². The number of hydrogen-bond acceptors (Lipinski definition) is 3.